The average Bonchev–Trinajstić information content (AvgIpc) is 3.44. The highest BCUT2D eigenvalue weighted by Crippen LogP contribution is 2.44. The zero-order valence-electron chi connectivity index (χ0n) is 20.7. The summed E-state index contributed by atoms with van der Waals surface area (Å²) in [7, 11) is 0. The lowest BCUT2D eigenvalue weighted by Gasteiger charge is -2.33. The molecule has 1 aromatic rings. The molecule has 0 saturated carbocycles. The van der Waals surface area contributed by atoms with E-state index in [1.807, 2.05) is 38.1 Å². The third-order valence-electron chi connectivity index (χ3n) is 7.22. The molecule has 34 heavy (non-hydrogen) atoms. The molecule has 2 N–H and O–H groups in total. The number of carbonyl (C=O) groups is 2. The van der Waals surface area contributed by atoms with E-state index in [0.717, 1.165) is 17.7 Å². The topological polar surface area (TPSA) is 109 Å². The number of hydrogen-bond acceptors (Lipinski definition) is 7. The van der Waals surface area contributed by atoms with Crippen molar-refractivity contribution in [1.82, 2.24) is 4.98 Å². The fraction of sp³-hybridized carbons (Fsp3) is 0.593. The molecule has 6 atom stereocenters. The van der Waals surface area contributed by atoms with Crippen molar-refractivity contribution < 1.29 is 29.3 Å². The second-order valence-corrected chi connectivity index (χ2v) is 10.3. The zero-order chi connectivity index (χ0) is 25.1. The molecule has 7 nitrogen and oxygen atoms in total. The number of Topliss-reactive ketones (excluding diaryl/α,β-unsaturated/α-hetero) is 1. The van der Waals surface area contributed by atoms with Crippen LogP contribution >= 0.6 is 0 Å². The molecule has 3 rings (SSSR count). The Balaban J connectivity index is 1.85. The molecule has 3 heterocycles. The number of rotatable bonds is 2. The molecule has 0 aliphatic carbocycles. The SMILES string of the molecule is C/C1=C\CC[C@@]2(C)O[C@H]2C[C@@H](C=Cc2ccccn2)OC(=O)C[C@H](O)C(C)(C)C(=O)[C@H](C)[C@H]1O. The van der Waals surface area contributed by atoms with Crippen molar-refractivity contribution in [2.24, 2.45) is 11.3 Å². The van der Waals surface area contributed by atoms with Gasteiger partial charge in [-0.1, -0.05) is 32.9 Å². The lowest BCUT2D eigenvalue weighted by molar-refractivity contribution is -0.153. The van der Waals surface area contributed by atoms with E-state index in [1.54, 1.807) is 39.1 Å². The van der Waals surface area contributed by atoms with Crippen LogP contribution in [0.25, 0.3) is 6.08 Å². The number of esters is 1. The molecule has 0 spiro atoms. The van der Waals surface area contributed by atoms with Gasteiger partial charge >= 0.3 is 5.97 Å². The Hall–Kier alpha value is -2.35. The molecule has 186 valence electrons. The minimum atomic E-state index is -1.25. The summed E-state index contributed by atoms with van der Waals surface area (Å²) in [5.74, 6) is -1.62. The molecule has 7 heteroatoms. The number of nitrogens with zero attached hydrogens (tertiary/aromatic N) is 1. The molecule has 2 aliphatic heterocycles. The highest BCUT2D eigenvalue weighted by Gasteiger charge is 2.52. The van der Waals surface area contributed by atoms with E-state index in [1.165, 1.54) is 0 Å². The monoisotopic (exact) mass is 471 g/mol. The summed E-state index contributed by atoms with van der Waals surface area (Å²) >= 11 is 0. The van der Waals surface area contributed by atoms with E-state index < -0.39 is 35.6 Å². The fourth-order valence-electron chi connectivity index (χ4n) is 4.49. The predicted octanol–water partition coefficient (Wildman–Crippen LogP) is 3.64. The Morgan fingerprint density at radius 2 is 1.91 bits per heavy atom. The van der Waals surface area contributed by atoms with Gasteiger partial charge in [0.1, 0.15) is 11.9 Å². The highest BCUT2D eigenvalue weighted by molar-refractivity contribution is 5.88. The first-order chi connectivity index (χ1) is 15.9. The van der Waals surface area contributed by atoms with E-state index in [-0.39, 0.29) is 23.9 Å². The number of aromatic nitrogens is 1. The molecular formula is C27H37NO6. The van der Waals surface area contributed by atoms with Crippen LogP contribution in [0.2, 0.25) is 0 Å². The van der Waals surface area contributed by atoms with Crippen LogP contribution in [0.5, 0.6) is 0 Å². The van der Waals surface area contributed by atoms with Gasteiger partial charge in [0, 0.05) is 18.5 Å². The van der Waals surface area contributed by atoms with Gasteiger partial charge < -0.3 is 19.7 Å². The quantitative estimate of drug-likeness (QED) is 0.385. The predicted molar refractivity (Wildman–Crippen MR) is 129 cm³/mol. The minimum absolute atomic E-state index is 0.0768. The van der Waals surface area contributed by atoms with Gasteiger partial charge in [-0.2, -0.15) is 0 Å². The number of fused-ring (bicyclic) bond motifs is 1. The Morgan fingerprint density at radius 3 is 2.59 bits per heavy atom. The second kappa shape index (κ2) is 10.5. The molecule has 1 saturated heterocycles. The van der Waals surface area contributed by atoms with E-state index in [9.17, 15) is 19.8 Å². The van der Waals surface area contributed by atoms with Gasteiger partial charge in [0.05, 0.1) is 41.4 Å². The Morgan fingerprint density at radius 1 is 1.18 bits per heavy atom. The van der Waals surface area contributed by atoms with Gasteiger partial charge in [-0.25, -0.2) is 0 Å². The number of epoxide rings is 1. The average molecular weight is 472 g/mol. The van der Waals surface area contributed by atoms with Crippen molar-refractivity contribution in [2.45, 2.75) is 90.3 Å². The Labute approximate surface area is 201 Å². The molecule has 1 fully saturated rings. The molecule has 0 unspecified atom stereocenters. The minimum Gasteiger partial charge on any atom is -0.458 e. The van der Waals surface area contributed by atoms with Crippen molar-refractivity contribution in [3.05, 3.63) is 47.8 Å². The number of cyclic esters (lactones) is 1. The van der Waals surface area contributed by atoms with Gasteiger partial charge in [0.2, 0.25) is 0 Å². The maximum absolute atomic E-state index is 13.1. The van der Waals surface area contributed by atoms with Gasteiger partial charge in [0.25, 0.3) is 0 Å². The third-order valence-corrected chi connectivity index (χ3v) is 7.22. The molecule has 1 aromatic heterocycles. The normalized spacial score (nSPS) is 36.9. The summed E-state index contributed by atoms with van der Waals surface area (Å²) in [6.45, 7) is 8.69. The first kappa shape index (κ1) is 26.3. The van der Waals surface area contributed by atoms with Crippen LogP contribution in [0.3, 0.4) is 0 Å². The Kier molecular flexibility index (Phi) is 8.11. The lowest BCUT2D eigenvalue weighted by atomic mass is 9.74. The number of allylic oxidation sites excluding steroid dienone is 1. The largest absolute Gasteiger partial charge is 0.458 e. The van der Waals surface area contributed by atoms with E-state index >= 15 is 0 Å². The van der Waals surface area contributed by atoms with Crippen molar-refractivity contribution >= 4 is 17.8 Å². The molecule has 0 bridgehead atoms. The van der Waals surface area contributed by atoms with E-state index in [2.05, 4.69) is 4.98 Å². The standard InChI is InChI=1S/C27H37NO6/c1-17-9-8-13-27(5)22(34-27)15-20(12-11-19-10-6-7-14-28-19)33-23(30)16-21(29)26(3,4)25(32)18(2)24(17)31/h6-7,9-12,14,18,20-22,24,29,31H,8,13,15-16H2,1-5H3/b12-11?,17-9+/t18-,20-,21+,22+,24+,27-/m1/s1. The number of ketones is 1. The van der Waals surface area contributed by atoms with E-state index in [4.69, 9.17) is 9.47 Å². The van der Waals surface area contributed by atoms with Gasteiger partial charge in [0.15, 0.2) is 0 Å². The fourth-order valence-corrected chi connectivity index (χ4v) is 4.49. The number of hydrogen-bond donors (Lipinski definition) is 2. The first-order valence-corrected chi connectivity index (χ1v) is 12.0. The van der Waals surface area contributed by atoms with Gasteiger partial charge in [-0.05, 0) is 56.5 Å². The summed E-state index contributed by atoms with van der Waals surface area (Å²) in [6, 6.07) is 5.56. The number of aliphatic hydroxyl groups is 2. The summed E-state index contributed by atoms with van der Waals surface area (Å²) < 4.78 is 11.7. The summed E-state index contributed by atoms with van der Waals surface area (Å²) in [5, 5.41) is 21.5. The van der Waals surface area contributed by atoms with Crippen LogP contribution in [-0.4, -0.2) is 57.0 Å². The zero-order valence-corrected chi connectivity index (χ0v) is 20.7. The molecule has 0 amide bonds. The van der Waals surface area contributed by atoms with E-state index in [0.29, 0.717) is 12.8 Å². The summed E-state index contributed by atoms with van der Waals surface area (Å²) in [5.41, 5.74) is -0.112. The number of carbonyl (C=O) groups excluding carboxylic acids is 2. The van der Waals surface area contributed by atoms with Crippen LogP contribution in [0.4, 0.5) is 0 Å². The third kappa shape index (κ3) is 6.20. The van der Waals surface area contributed by atoms with Crippen LogP contribution in [-0.2, 0) is 19.1 Å². The number of aliphatic hydroxyl groups excluding tert-OH is 2. The summed E-state index contributed by atoms with van der Waals surface area (Å²) in [4.78, 5) is 30.2. The van der Waals surface area contributed by atoms with Crippen molar-refractivity contribution in [1.29, 1.82) is 0 Å². The van der Waals surface area contributed by atoms with Crippen molar-refractivity contribution in [3.8, 4) is 0 Å². The van der Waals surface area contributed by atoms with Crippen LogP contribution in [0, 0.1) is 11.3 Å². The maximum atomic E-state index is 13.1. The van der Waals surface area contributed by atoms with Crippen LogP contribution < -0.4 is 0 Å². The molecule has 0 radical (unpaired) electrons. The molecule has 0 aromatic carbocycles. The number of ether oxygens (including phenoxy) is 2. The smallest absolute Gasteiger partial charge is 0.309 e. The van der Waals surface area contributed by atoms with Gasteiger partial charge in [-0.15, -0.1) is 0 Å². The maximum Gasteiger partial charge on any atom is 0.309 e. The molecular weight excluding hydrogens is 434 g/mol. The first-order valence-electron chi connectivity index (χ1n) is 12.0. The Bertz CT molecular complexity index is 940. The molecule has 2 aliphatic rings. The summed E-state index contributed by atoms with van der Waals surface area (Å²) in [6.07, 6.45) is 5.98. The van der Waals surface area contributed by atoms with Crippen molar-refractivity contribution in [2.75, 3.05) is 0 Å². The van der Waals surface area contributed by atoms with Crippen molar-refractivity contribution in [3.63, 3.8) is 0 Å². The lowest BCUT2D eigenvalue weighted by Crippen LogP contribution is -2.44. The van der Waals surface area contributed by atoms with Crippen LogP contribution in [0.1, 0.15) is 66.0 Å². The number of pyridine rings is 1. The van der Waals surface area contributed by atoms with Crippen LogP contribution in [0.15, 0.2) is 42.1 Å². The van der Waals surface area contributed by atoms with Gasteiger partial charge in [-0.3, -0.25) is 14.6 Å². The highest BCUT2D eigenvalue weighted by atomic mass is 16.6. The second-order valence-electron chi connectivity index (χ2n) is 10.3.